The first-order valence-electron chi connectivity index (χ1n) is 6.71. The lowest BCUT2D eigenvalue weighted by molar-refractivity contribution is 0.401. The van der Waals surface area contributed by atoms with E-state index in [4.69, 9.17) is 4.74 Å². The van der Waals surface area contributed by atoms with Crippen molar-refractivity contribution in [2.45, 2.75) is 38.8 Å². The molecule has 0 radical (unpaired) electrons. The van der Waals surface area contributed by atoms with Crippen molar-refractivity contribution in [3.05, 3.63) is 23.8 Å². The molecule has 100 valence electrons. The molecule has 18 heavy (non-hydrogen) atoms. The van der Waals surface area contributed by atoms with Gasteiger partial charge in [-0.25, -0.2) is 0 Å². The van der Waals surface area contributed by atoms with Crippen molar-refractivity contribution >= 4 is 5.69 Å². The van der Waals surface area contributed by atoms with E-state index >= 15 is 0 Å². The van der Waals surface area contributed by atoms with Gasteiger partial charge in [-0.05, 0) is 40.0 Å². The maximum Gasteiger partial charge on any atom is 0.124 e. The van der Waals surface area contributed by atoms with Crippen molar-refractivity contribution in [2.75, 3.05) is 25.6 Å². The van der Waals surface area contributed by atoms with E-state index in [-0.39, 0.29) is 0 Å². The topological polar surface area (TPSA) is 24.5 Å². The van der Waals surface area contributed by atoms with E-state index in [1.807, 2.05) is 7.05 Å². The second-order valence-electron chi connectivity index (χ2n) is 5.32. The van der Waals surface area contributed by atoms with Gasteiger partial charge in [0.1, 0.15) is 5.75 Å². The van der Waals surface area contributed by atoms with Gasteiger partial charge in [0.2, 0.25) is 0 Å². The third-order valence-electron chi connectivity index (χ3n) is 4.02. The Kier molecular flexibility index (Phi) is 3.81. The third-order valence-corrected chi connectivity index (χ3v) is 4.02. The van der Waals surface area contributed by atoms with Crippen LogP contribution in [0.4, 0.5) is 5.69 Å². The van der Waals surface area contributed by atoms with Crippen molar-refractivity contribution in [3.8, 4) is 5.75 Å². The molecule has 2 atom stereocenters. The lowest BCUT2D eigenvalue weighted by Gasteiger charge is -2.25. The summed E-state index contributed by atoms with van der Waals surface area (Å²) in [6, 6.07) is 7.33. The Labute approximate surface area is 110 Å². The van der Waals surface area contributed by atoms with Gasteiger partial charge in [-0.1, -0.05) is 6.07 Å². The van der Waals surface area contributed by atoms with Crippen LogP contribution in [0.1, 0.15) is 32.3 Å². The van der Waals surface area contributed by atoms with E-state index in [9.17, 15) is 0 Å². The highest BCUT2D eigenvalue weighted by Gasteiger charge is 2.35. The van der Waals surface area contributed by atoms with Gasteiger partial charge in [0, 0.05) is 35.8 Å². The highest BCUT2D eigenvalue weighted by atomic mass is 16.5. The molecule has 0 bridgehead atoms. The average Bonchev–Trinajstić information content (AvgIpc) is 2.77. The smallest absolute Gasteiger partial charge is 0.124 e. The van der Waals surface area contributed by atoms with Gasteiger partial charge in [0.25, 0.3) is 0 Å². The zero-order valence-electron chi connectivity index (χ0n) is 12.0. The number of nitrogens with one attached hydrogen (secondary N) is 1. The van der Waals surface area contributed by atoms with E-state index in [1.54, 1.807) is 7.11 Å². The fraction of sp³-hybridized carbons (Fsp3) is 0.600. The number of nitrogens with zero attached hydrogens (tertiary/aromatic N) is 1. The number of hydrogen-bond acceptors (Lipinski definition) is 3. The quantitative estimate of drug-likeness (QED) is 0.886. The summed E-state index contributed by atoms with van der Waals surface area (Å²) in [6.07, 6.45) is 0. The van der Waals surface area contributed by atoms with Crippen molar-refractivity contribution in [1.29, 1.82) is 0 Å². The maximum atomic E-state index is 5.56. The van der Waals surface area contributed by atoms with E-state index in [0.29, 0.717) is 18.0 Å². The molecular weight excluding hydrogens is 224 g/mol. The first kappa shape index (κ1) is 13.2. The molecule has 0 fully saturated rings. The summed E-state index contributed by atoms with van der Waals surface area (Å²) in [5, 5.41) is 3.38. The van der Waals surface area contributed by atoms with Crippen LogP contribution in [0.2, 0.25) is 0 Å². The molecule has 0 spiro atoms. The van der Waals surface area contributed by atoms with E-state index < -0.39 is 0 Å². The second kappa shape index (κ2) is 5.19. The number of likely N-dealkylation sites (N-methyl/N-ethyl adjacent to an activating group) is 1. The van der Waals surface area contributed by atoms with Crippen LogP contribution in [-0.4, -0.2) is 32.8 Å². The highest BCUT2D eigenvalue weighted by Crippen LogP contribution is 2.44. The predicted molar refractivity (Wildman–Crippen MR) is 76.7 cm³/mol. The van der Waals surface area contributed by atoms with Gasteiger partial charge in [0.15, 0.2) is 0 Å². The van der Waals surface area contributed by atoms with Gasteiger partial charge in [-0.3, -0.25) is 0 Å². The molecule has 3 heteroatoms. The Morgan fingerprint density at radius 2 is 2.06 bits per heavy atom. The summed E-state index contributed by atoms with van der Waals surface area (Å²) >= 11 is 0. The van der Waals surface area contributed by atoms with Crippen LogP contribution in [0.25, 0.3) is 0 Å². The molecule has 1 aromatic rings. The molecule has 1 aliphatic heterocycles. The van der Waals surface area contributed by atoms with Gasteiger partial charge in [-0.15, -0.1) is 0 Å². The number of ether oxygens (including phenoxy) is 1. The summed E-state index contributed by atoms with van der Waals surface area (Å²) in [5.74, 6) is 1.51. The van der Waals surface area contributed by atoms with Gasteiger partial charge >= 0.3 is 0 Å². The first-order valence-corrected chi connectivity index (χ1v) is 6.71. The number of hydrogen-bond donors (Lipinski definition) is 1. The van der Waals surface area contributed by atoms with E-state index in [1.165, 1.54) is 11.3 Å². The van der Waals surface area contributed by atoms with Crippen molar-refractivity contribution in [2.24, 2.45) is 0 Å². The number of anilines is 1. The van der Waals surface area contributed by atoms with Crippen LogP contribution in [0.5, 0.6) is 5.75 Å². The number of rotatable bonds is 4. The third kappa shape index (κ3) is 2.07. The SMILES string of the molecule is CNC(C)C1CN(C(C)C)c2cccc(OC)c21. The molecular formula is C15H24N2O. The normalized spacial score (nSPS) is 20.1. The van der Waals surface area contributed by atoms with Crippen LogP contribution in [0, 0.1) is 0 Å². The lowest BCUT2D eigenvalue weighted by Crippen LogP contribution is -2.35. The van der Waals surface area contributed by atoms with E-state index in [0.717, 1.165) is 12.3 Å². The zero-order chi connectivity index (χ0) is 13.3. The molecule has 1 aromatic carbocycles. The lowest BCUT2D eigenvalue weighted by atomic mass is 9.94. The first-order chi connectivity index (χ1) is 8.60. The Morgan fingerprint density at radius 3 is 2.61 bits per heavy atom. The van der Waals surface area contributed by atoms with Gasteiger partial charge < -0.3 is 15.0 Å². The molecule has 1 aliphatic rings. The molecule has 2 rings (SSSR count). The van der Waals surface area contributed by atoms with Crippen molar-refractivity contribution in [3.63, 3.8) is 0 Å². The summed E-state index contributed by atoms with van der Waals surface area (Å²) in [7, 11) is 3.78. The Morgan fingerprint density at radius 1 is 1.33 bits per heavy atom. The predicted octanol–water partition coefficient (Wildman–Crippen LogP) is 2.62. The molecule has 2 unspecified atom stereocenters. The number of fused-ring (bicyclic) bond motifs is 1. The highest BCUT2D eigenvalue weighted by molar-refractivity contribution is 5.66. The Bertz CT molecular complexity index is 417. The standard InChI is InChI=1S/C15H24N2O/c1-10(2)17-9-12(11(3)16-4)15-13(17)7-6-8-14(15)18-5/h6-8,10-12,16H,9H2,1-5H3. The fourth-order valence-electron chi connectivity index (χ4n) is 2.83. The molecule has 0 saturated heterocycles. The molecule has 0 amide bonds. The largest absolute Gasteiger partial charge is 0.496 e. The van der Waals surface area contributed by atoms with Crippen LogP contribution >= 0.6 is 0 Å². The van der Waals surface area contributed by atoms with Crippen LogP contribution in [0.3, 0.4) is 0 Å². The molecule has 0 aliphatic carbocycles. The molecule has 1 N–H and O–H groups in total. The maximum absolute atomic E-state index is 5.56. The van der Waals surface area contributed by atoms with Gasteiger partial charge in [-0.2, -0.15) is 0 Å². The summed E-state index contributed by atoms with van der Waals surface area (Å²) in [5.41, 5.74) is 2.69. The van der Waals surface area contributed by atoms with Crippen molar-refractivity contribution < 1.29 is 4.74 Å². The molecule has 0 saturated carbocycles. The molecule has 1 heterocycles. The van der Waals surface area contributed by atoms with Crippen LogP contribution in [0.15, 0.2) is 18.2 Å². The van der Waals surface area contributed by atoms with Crippen LogP contribution < -0.4 is 15.0 Å². The summed E-state index contributed by atoms with van der Waals surface area (Å²) in [4.78, 5) is 2.47. The summed E-state index contributed by atoms with van der Waals surface area (Å²) in [6.45, 7) is 7.80. The zero-order valence-corrected chi connectivity index (χ0v) is 12.0. The number of benzene rings is 1. The minimum Gasteiger partial charge on any atom is -0.496 e. The minimum absolute atomic E-state index is 0.448. The van der Waals surface area contributed by atoms with Gasteiger partial charge in [0.05, 0.1) is 7.11 Å². The molecule has 0 aromatic heterocycles. The summed E-state index contributed by atoms with van der Waals surface area (Å²) < 4.78 is 5.56. The fourth-order valence-corrected chi connectivity index (χ4v) is 2.83. The average molecular weight is 248 g/mol. The Balaban J connectivity index is 2.48. The minimum atomic E-state index is 0.448. The van der Waals surface area contributed by atoms with Crippen LogP contribution in [-0.2, 0) is 0 Å². The monoisotopic (exact) mass is 248 g/mol. The molecule has 3 nitrogen and oxygen atoms in total. The van der Waals surface area contributed by atoms with Crippen molar-refractivity contribution in [1.82, 2.24) is 5.32 Å². The second-order valence-corrected chi connectivity index (χ2v) is 5.32. The Hall–Kier alpha value is -1.22. The number of methoxy groups -OCH3 is 1. The van der Waals surface area contributed by atoms with E-state index in [2.05, 4.69) is 49.2 Å².